The first-order valence-electron chi connectivity index (χ1n) is 9.67. The highest BCUT2D eigenvalue weighted by Gasteiger charge is 2.15. The second kappa shape index (κ2) is 7.17. The van der Waals surface area contributed by atoms with Crippen LogP contribution in [0, 0.1) is 0 Å². The van der Waals surface area contributed by atoms with Crippen LogP contribution >= 0.6 is 11.3 Å². The minimum atomic E-state index is 1.19. The van der Waals surface area contributed by atoms with Crippen LogP contribution in [0.1, 0.15) is 50.7 Å². The van der Waals surface area contributed by atoms with Crippen LogP contribution in [0.25, 0.3) is 31.6 Å². The summed E-state index contributed by atoms with van der Waals surface area (Å²) in [4.78, 5) is 0. The van der Waals surface area contributed by atoms with Crippen LogP contribution in [0.3, 0.4) is 0 Å². The lowest BCUT2D eigenvalue weighted by molar-refractivity contribution is 0.798. The molecule has 3 aromatic carbocycles. The highest BCUT2D eigenvalue weighted by molar-refractivity contribution is 7.17. The van der Waals surface area contributed by atoms with Crippen LogP contribution in [0.5, 0.6) is 0 Å². The van der Waals surface area contributed by atoms with Crippen molar-refractivity contribution in [1.29, 1.82) is 0 Å². The number of rotatable bonds is 6. The van der Waals surface area contributed by atoms with Crippen molar-refractivity contribution in [2.24, 2.45) is 0 Å². The van der Waals surface area contributed by atoms with Crippen LogP contribution < -0.4 is 0 Å². The maximum Gasteiger partial charge on any atom is 0.0383 e. The lowest BCUT2D eigenvalue weighted by Gasteiger charge is -2.15. The van der Waals surface area contributed by atoms with E-state index in [0.717, 1.165) is 0 Å². The third-order valence-electron chi connectivity index (χ3n) is 5.36. The Balaban J connectivity index is 2.09. The molecule has 1 aromatic heterocycles. The van der Waals surface area contributed by atoms with Crippen LogP contribution in [-0.4, -0.2) is 0 Å². The van der Waals surface area contributed by atoms with Gasteiger partial charge in [-0.25, -0.2) is 0 Å². The lowest BCUT2D eigenvalue weighted by Crippen LogP contribution is -1.95. The fourth-order valence-corrected chi connectivity index (χ4v) is 5.02. The number of aryl methyl sites for hydroxylation is 2. The van der Waals surface area contributed by atoms with Gasteiger partial charge in [0.15, 0.2) is 0 Å². The standard InChI is InChI=1S/C24H26S/c1-3-5-11-19-21-13-14-25-24(21)20(12-6-4-2)23-16-18-10-8-7-9-17(18)15-22(19)23/h7-10,13-16H,3-6,11-12H2,1-2H3. The molecule has 0 aliphatic rings. The van der Waals surface area contributed by atoms with Gasteiger partial charge in [0, 0.05) is 4.70 Å². The zero-order chi connectivity index (χ0) is 17.2. The average Bonchev–Trinajstić information content (AvgIpc) is 3.12. The van der Waals surface area contributed by atoms with Gasteiger partial charge >= 0.3 is 0 Å². The molecule has 25 heavy (non-hydrogen) atoms. The molecule has 1 heteroatoms. The van der Waals surface area contributed by atoms with Gasteiger partial charge in [0.2, 0.25) is 0 Å². The van der Waals surface area contributed by atoms with Gasteiger partial charge in [-0.05, 0) is 87.3 Å². The Morgan fingerprint density at radius 1 is 0.720 bits per heavy atom. The Kier molecular flexibility index (Phi) is 4.76. The quantitative estimate of drug-likeness (QED) is 0.311. The van der Waals surface area contributed by atoms with E-state index in [-0.39, 0.29) is 0 Å². The largest absolute Gasteiger partial charge is 0.143 e. The Bertz CT molecular complexity index is 941. The van der Waals surface area contributed by atoms with Gasteiger partial charge in [0.05, 0.1) is 0 Å². The first kappa shape index (κ1) is 16.6. The predicted octanol–water partition coefficient (Wildman–Crippen LogP) is 7.89. The highest BCUT2D eigenvalue weighted by Crippen LogP contribution is 2.39. The maximum absolute atomic E-state index is 2.45. The Labute approximate surface area is 154 Å². The molecule has 0 saturated carbocycles. The van der Waals surface area contributed by atoms with Crippen molar-refractivity contribution in [3.8, 4) is 0 Å². The fourth-order valence-electron chi connectivity index (χ4n) is 4.01. The molecule has 0 aliphatic heterocycles. The van der Waals surface area contributed by atoms with Gasteiger partial charge in [0.1, 0.15) is 0 Å². The monoisotopic (exact) mass is 346 g/mol. The Morgan fingerprint density at radius 2 is 1.32 bits per heavy atom. The van der Waals surface area contributed by atoms with Crippen molar-refractivity contribution in [3.63, 3.8) is 0 Å². The third-order valence-corrected chi connectivity index (χ3v) is 6.34. The molecule has 0 N–H and O–H groups in total. The summed E-state index contributed by atoms with van der Waals surface area (Å²) in [5.74, 6) is 0. The van der Waals surface area contributed by atoms with E-state index in [1.54, 1.807) is 11.1 Å². The molecule has 0 amide bonds. The van der Waals surface area contributed by atoms with Crippen molar-refractivity contribution in [2.45, 2.75) is 52.4 Å². The van der Waals surface area contributed by atoms with Crippen molar-refractivity contribution in [2.75, 3.05) is 0 Å². The number of hydrogen-bond donors (Lipinski definition) is 0. The summed E-state index contributed by atoms with van der Waals surface area (Å²) in [6.45, 7) is 4.58. The molecule has 4 rings (SSSR count). The third kappa shape index (κ3) is 2.95. The van der Waals surface area contributed by atoms with E-state index in [0.29, 0.717) is 0 Å². The Morgan fingerprint density at radius 3 is 1.96 bits per heavy atom. The van der Waals surface area contributed by atoms with E-state index in [2.05, 4.69) is 61.7 Å². The van der Waals surface area contributed by atoms with Gasteiger partial charge in [-0.15, -0.1) is 11.3 Å². The minimum Gasteiger partial charge on any atom is -0.143 e. The summed E-state index contributed by atoms with van der Waals surface area (Å²) < 4.78 is 1.53. The summed E-state index contributed by atoms with van der Waals surface area (Å²) in [6.07, 6.45) is 7.41. The van der Waals surface area contributed by atoms with Crippen molar-refractivity contribution >= 4 is 43.0 Å². The second-order valence-electron chi connectivity index (χ2n) is 7.07. The van der Waals surface area contributed by atoms with E-state index >= 15 is 0 Å². The molecule has 0 spiro atoms. The summed E-state index contributed by atoms with van der Waals surface area (Å²) >= 11 is 1.93. The molecule has 0 bridgehead atoms. The smallest absolute Gasteiger partial charge is 0.0383 e. The SMILES string of the molecule is CCCCc1c2cc3ccccc3cc2c(CCCC)c2sccc12. The van der Waals surface area contributed by atoms with E-state index in [9.17, 15) is 0 Å². The van der Waals surface area contributed by atoms with Gasteiger partial charge in [0.25, 0.3) is 0 Å². The van der Waals surface area contributed by atoms with Gasteiger partial charge < -0.3 is 0 Å². The number of unbranched alkanes of at least 4 members (excludes halogenated alkanes) is 2. The summed E-state index contributed by atoms with van der Waals surface area (Å²) in [7, 11) is 0. The lowest BCUT2D eigenvalue weighted by atomic mass is 9.89. The normalized spacial score (nSPS) is 11.8. The first-order chi connectivity index (χ1) is 12.3. The fraction of sp³-hybridized carbons (Fsp3) is 0.333. The summed E-state index contributed by atoms with van der Waals surface area (Å²) in [5, 5.41) is 9.51. The molecule has 0 unspecified atom stereocenters. The molecule has 4 aromatic rings. The molecule has 0 radical (unpaired) electrons. The number of hydrogen-bond acceptors (Lipinski definition) is 1. The molecule has 0 aliphatic carbocycles. The van der Waals surface area contributed by atoms with Crippen LogP contribution in [0.2, 0.25) is 0 Å². The van der Waals surface area contributed by atoms with Crippen LogP contribution in [-0.2, 0) is 12.8 Å². The predicted molar refractivity (Wildman–Crippen MR) is 114 cm³/mol. The number of thiophene rings is 1. The van der Waals surface area contributed by atoms with Gasteiger partial charge in [-0.1, -0.05) is 51.0 Å². The minimum absolute atomic E-state index is 1.19. The van der Waals surface area contributed by atoms with Gasteiger partial charge in [-0.2, -0.15) is 0 Å². The molecule has 0 fully saturated rings. The molecule has 128 valence electrons. The molecular formula is C24H26S. The average molecular weight is 347 g/mol. The molecule has 0 nitrogen and oxygen atoms in total. The van der Waals surface area contributed by atoms with Crippen molar-refractivity contribution in [1.82, 2.24) is 0 Å². The van der Waals surface area contributed by atoms with E-state index < -0.39 is 0 Å². The van der Waals surface area contributed by atoms with Crippen LogP contribution in [0.4, 0.5) is 0 Å². The molecule has 1 heterocycles. The van der Waals surface area contributed by atoms with Crippen molar-refractivity contribution in [3.05, 3.63) is 59.0 Å². The highest BCUT2D eigenvalue weighted by atomic mass is 32.1. The van der Waals surface area contributed by atoms with E-state index in [4.69, 9.17) is 0 Å². The van der Waals surface area contributed by atoms with Crippen LogP contribution in [0.15, 0.2) is 47.8 Å². The molecular weight excluding hydrogens is 320 g/mol. The zero-order valence-electron chi connectivity index (χ0n) is 15.3. The van der Waals surface area contributed by atoms with Gasteiger partial charge in [-0.3, -0.25) is 0 Å². The summed E-state index contributed by atoms with van der Waals surface area (Å²) in [6, 6.07) is 16.1. The van der Waals surface area contributed by atoms with E-state index in [1.165, 1.54) is 70.2 Å². The Hall–Kier alpha value is -1.86. The molecule has 0 atom stereocenters. The number of fused-ring (bicyclic) bond motifs is 3. The number of benzene rings is 3. The molecule has 0 saturated heterocycles. The zero-order valence-corrected chi connectivity index (χ0v) is 16.1. The van der Waals surface area contributed by atoms with Crippen molar-refractivity contribution < 1.29 is 0 Å². The first-order valence-corrected chi connectivity index (χ1v) is 10.5. The topological polar surface area (TPSA) is 0 Å². The summed E-state index contributed by atoms with van der Waals surface area (Å²) in [5.41, 5.74) is 3.15. The second-order valence-corrected chi connectivity index (χ2v) is 7.99. The maximum atomic E-state index is 2.45. The van der Waals surface area contributed by atoms with E-state index in [1.807, 2.05) is 11.3 Å².